The van der Waals surface area contributed by atoms with E-state index in [-0.39, 0.29) is 15.7 Å². The third-order valence-electron chi connectivity index (χ3n) is 1.70. The molecule has 0 radical (unpaired) electrons. The molecular formula is C8H5F2N3OS. The molecular weight excluding hydrogens is 224 g/mol. The number of nitrogens with two attached hydrogens (primary N) is 1. The molecule has 1 aromatic heterocycles. The van der Waals surface area contributed by atoms with Crippen LogP contribution < -0.4 is 5.73 Å². The molecule has 0 fully saturated rings. The average molecular weight is 229 g/mol. The second-order valence-electron chi connectivity index (χ2n) is 2.73. The van der Waals surface area contributed by atoms with Crippen LogP contribution in [-0.4, -0.2) is 15.3 Å². The van der Waals surface area contributed by atoms with Gasteiger partial charge in [0.25, 0.3) is 0 Å². The van der Waals surface area contributed by atoms with E-state index in [1.807, 2.05) is 0 Å². The predicted molar refractivity (Wildman–Crippen MR) is 51.3 cm³/mol. The summed E-state index contributed by atoms with van der Waals surface area (Å²) in [5.41, 5.74) is 5.26. The molecule has 7 heteroatoms. The van der Waals surface area contributed by atoms with E-state index in [1.165, 1.54) is 0 Å². The van der Waals surface area contributed by atoms with Gasteiger partial charge in [0.1, 0.15) is 5.82 Å². The Bertz CT molecular complexity index is 515. The number of rotatable bonds is 1. The fourth-order valence-electron chi connectivity index (χ4n) is 1.07. The largest absolute Gasteiger partial charge is 0.504 e. The van der Waals surface area contributed by atoms with Crippen LogP contribution in [0.4, 0.5) is 13.9 Å². The monoisotopic (exact) mass is 229 g/mol. The lowest BCUT2D eigenvalue weighted by atomic mass is 10.2. The molecule has 0 unspecified atom stereocenters. The SMILES string of the molecule is Nc1nnc(-c2cc(F)cc(F)c2O)s1. The van der Waals surface area contributed by atoms with E-state index < -0.39 is 17.4 Å². The lowest BCUT2D eigenvalue weighted by molar-refractivity contribution is 0.430. The van der Waals surface area contributed by atoms with E-state index in [0.29, 0.717) is 6.07 Å². The van der Waals surface area contributed by atoms with Crippen molar-refractivity contribution in [3.05, 3.63) is 23.8 Å². The molecule has 78 valence electrons. The molecule has 15 heavy (non-hydrogen) atoms. The highest BCUT2D eigenvalue weighted by Crippen LogP contribution is 2.34. The van der Waals surface area contributed by atoms with E-state index in [4.69, 9.17) is 5.73 Å². The summed E-state index contributed by atoms with van der Waals surface area (Å²) < 4.78 is 25.8. The highest BCUT2D eigenvalue weighted by atomic mass is 32.1. The third-order valence-corrected chi connectivity index (χ3v) is 2.48. The van der Waals surface area contributed by atoms with Gasteiger partial charge in [-0.1, -0.05) is 11.3 Å². The summed E-state index contributed by atoms with van der Waals surface area (Å²) in [6, 6.07) is 1.56. The topological polar surface area (TPSA) is 72.0 Å². The van der Waals surface area contributed by atoms with Gasteiger partial charge in [0.05, 0.1) is 5.56 Å². The molecule has 4 nitrogen and oxygen atoms in total. The first-order valence-electron chi connectivity index (χ1n) is 3.85. The number of nitrogens with zero attached hydrogens (tertiary/aromatic N) is 2. The molecule has 2 rings (SSSR count). The highest BCUT2D eigenvalue weighted by Gasteiger charge is 2.15. The maximum absolute atomic E-state index is 13.0. The normalized spacial score (nSPS) is 10.5. The fraction of sp³-hybridized carbons (Fsp3) is 0. The molecule has 0 bridgehead atoms. The van der Waals surface area contributed by atoms with Gasteiger partial charge in [-0.15, -0.1) is 10.2 Å². The van der Waals surface area contributed by atoms with Crippen molar-refractivity contribution in [1.29, 1.82) is 0 Å². The molecule has 3 N–H and O–H groups in total. The number of aromatic nitrogens is 2. The molecule has 0 aliphatic carbocycles. The Balaban J connectivity index is 2.62. The third kappa shape index (κ3) is 1.73. The maximum Gasteiger partial charge on any atom is 0.203 e. The minimum atomic E-state index is -1.04. The Morgan fingerprint density at radius 2 is 2.00 bits per heavy atom. The molecule has 0 amide bonds. The van der Waals surface area contributed by atoms with Gasteiger partial charge in [-0.05, 0) is 6.07 Å². The van der Waals surface area contributed by atoms with Crippen molar-refractivity contribution < 1.29 is 13.9 Å². The van der Waals surface area contributed by atoms with E-state index in [0.717, 1.165) is 17.4 Å². The van der Waals surface area contributed by atoms with Crippen molar-refractivity contribution in [2.75, 3.05) is 5.73 Å². The molecule has 0 aliphatic rings. The summed E-state index contributed by atoms with van der Waals surface area (Å²) >= 11 is 0.935. The van der Waals surface area contributed by atoms with Crippen LogP contribution in [0.25, 0.3) is 10.6 Å². The van der Waals surface area contributed by atoms with E-state index >= 15 is 0 Å². The summed E-state index contributed by atoms with van der Waals surface area (Å²) in [5, 5.41) is 16.7. The number of hydrogen-bond acceptors (Lipinski definition) is 5. The van der Waals surface area contributed by atoms with Gasteiger partial charge in [0, 0.05) is 6.07 Å². The zero-order valence-corrected chi connectivity index (χ0v) is 8.05. The first-order valence-corrected chi connectivity index (χ1v) is 4.67. The second kappa shape index (κ2) is 3.43. The van der Waals surface area contributed by atoms with Crippen molar-refractivity contribution in [2.45, 2.75) is 0 Å². The molecule has 0 saturated carbocycles. The van der Waals surface area contributed by atoms with Gasteiger partial charge >= 0.3 is 0 Å². The number of phenols is 1. The Morgan fingerprint density at radius 1 is 1.27 bits per heavy atom. The Kier molecular flexibility index (Phi) is 2.24. The molecule has 1 aromatic carbocycles. The van der Waals surface area contributed by atoms with Crippen LogP contribution in [-0.2, 0) is 0 Å². The Labute approximate surface area is 87.0 Å². The number of hydrogen-bond donors (Lipinski definition) is 2. The van der Waals surface area contributed by atoms with Gasteiger partial charge in [0.2, 0.25) is 5.13 Å². The first kappa shape index (κ1) is 9.78. The van der Waals surface area contributed by atoms with Crippen LogP contribution >= 0.6 is 11.3 Å². The summed E-state index contributed by atoms with van der Waals surface area (Å²) in [4.78, 5) is 0. The van der Waals surface area contributed by atoms with Gasteiger partial charge in [-0.25, -0.2) is 8.78 Å². The van der Waals surface area contributed by atoms with Gasteiger partial charge < -0.3 is 10.8 Å². The average Bonchev–Trinajstić information content (AvgIpc) is 2.58. The predicted octanol–water partition coefficient (Wildman–Crippen LogP) is 1.77. The van der Waals surface area contributed by atoms with Crippen molar-refractivity contribution in [1.82, 2.24) is 10.2 Å². The lowest BCUT2D eigenvalue weighted by Crippen LogP contribution is -1.86. The number of phenolic OH excluding ortho intramolecular Hbond substituents is 1. The summed E-state index contributed by atoms with van der Waals surface area (Å²) in [6.45, 7) is 0. The van der Waals surface area contributed by atoms with E-state index in [2.05, 4.69) is 10.2 Å². The Hall–Kier alpha value is -1.76. The number of benzene rings is 1. The summed E-state index contributed by atoms with van der Waals surface area (Å²) in [5.74, 6) is -2.50. The van der Waals surface area contributed by atoms with Gasteiger partial charge in [-0.3, -0.25) is 0 Å². The van der Waals surface area contributed by atoms with Crippen molar-refractivity contribution in [2.24, 2.45) is 0 Å². The minimum absolute atomic E-state index is 0.0540. The minimum Gasteiger partial charge on any atom is -0.504 e. The second-order valence-corrected chi connectivity index (χ2v) is 3.74. The van der Waals surface area contributed by atoms with Crippen LogP contribution in [0.5, 0.6) is 5.75 Å². The molecule has 0 saturated heterocycles. The van der Waals surface area contributed by atoms with Crippen molar-refractivity contribution >= 4 is 16.5 Å². The molecule has 0 atom stereocenters. The Morgan fingerprint density at radius 3 is 2.60 bits per heavy atom. The summed E-state index contributed by atoms with van der Waals surface area (Å²) in [6.07, 6.45) is 0. The van der Waals surface area contributed by atoms with E-state index in [9.17, 15) is 13.9 Å². The van der Waals surface area contributed by atoms with E-state index in [1.54, 1.807) is 0 Å². The zero-order valence-electron chi connectivity index (χ0n) is 7.24. The van der Waals surface area contributed by atoms with Crippen molar-refractivity contribution in [3.63, 3.8) is 0 Å². The quantitative estimate of drug-likeness (QED) is 0.781. The lowest BCUT2D eigenvalue weighted by Gasteiger charge is -2.01. The molecule has 1 heterocycles. The van der Waals surface area contributed by atoms with Gasteiger partial charge in [0.15, 0.2) is 16.6 Å². The summed E-state index contributed by atoms with van der Waals surface area (Å²) in [7, 11) is 0. The zero-order chi connectivity index (χ0) is 11.0. The molecule has 2 aromatic rings. The number of nitrogen functional groups attached to an aromatic ring is 1. The van der Waals surface area contributed by atoms with Crippen LogP contribution in [0.3, 0.4) is 0 Å². The van der Waals surface area contributed by atoms with Crippen LogP contribution in [0.15, 0.2) is 12.1 Å². The maximum atomic E-state index is 13.0. The smallest absolute Gasteiger partial charge is 0.203 e. The molecule has 0 aliphatic heterocycles. The van der Waals surface area contributed by atoms with Crippen LogP contribution in [0, 0.1) is 11.6 Å². The number of halogens is 2. The highest BCUT2D eigenvalue weighted by molar-refractivity contribution is 7.18. The standard InChI is InChI=1S/C8H5F2N3OS/c9-3-1-4(6(14)5(10)2-3)7-12-13-8(11)15-7/h1-2,14H,(H2,11,13). The fourth-order valence-corrected chi connectivity index (χ4v) is 1.70. The molecule has 0 spiro atoms. The van der Waals surface area contributed by atoms with Crippen molar-refractivity contribution in [3.8, 4) is 16.3 Å². The van der Waals surface area contributed by atoms with Crippen LogP contribution in [0.2, 0.25) is 0 Å². The number of anilines is 1. The van der Waals surface area contributed by atoms with Crippen LogP contribution in [0.1, 0.15) is 0 Å². The first-order chi connectivity index (χ1) is 7.08. The van der Waals surface area contributed by atoms with Gasteiger partial charge in [-0.2, -0.15) is 0 Å². The number of aromatic hydroxyl groups is 1.